The van der Waals surface area contributed by atoms with E-state index in [9.17, 15) is 14.0 Å². The molecule has 0 aromatic carbocycles. The molecule has 4 rings (SSSR count). The number of halogens is 1. The summed E-state index contributed by atoms with van der Waals surface area (Å²) in [6.07, 6.45) is 3.52. The van der Waals surface area contributed by atoms with Crippen molar-refractivity contribution in [1.82, 2.24) is 15.0 Å². The highest BCUT2D eigenvalue weighted by molar-refractivity contribution is 7.12. The number of anilines is 1. The Morgan fingerprint density at radius 2 is 1.97 bits per heavy atom. The lowest BCUT2D eigenvalue weighted by atomic mass is 9.95. The lowest BCUT2D eigenvalue weighted by molar-refractivity contribution is -0.182. The van der Waals surface area contributed by atoms with E-state index in [-0.39, 0.29) is 23.6 Å². The van der Waals surface area contributed by atoms with Gasteiger partial charge >= 0.3 is 6.04 Å². The number of aryl methyl sites for hydroxylation is 2. The summed E-state index contributed by atoms with van der Waals surface area (Å²) in [5.41, 5.74) is 0.208. The Balaban J connectivity index is 1.41. The molecule has 2 aromatic rings. The molecule has 7 nitrogen and oxygen atoms in total. The van der Waals surface area contributed by atoms with Gasteiger partial charge in [0.1, 0.15) is 5.69 Å². The zero-order valence-electron chi connectivity index (χ0n) is 16.4. The second-order valence-electron chi connectivity index (χ2n) is 7.49. The van der Waals surface area contributed by atoms with Gasteiger partial charge in [-0.05, 0) is 44.4 Å². The molecule has 0 bridgehead atoms. The highest BCUT2D eigenvalue weighted by Crippen LogP contribution is 2.36. The number of thiophene rings is 1. The van der Waals surface area contributed by atoms with Crippen molar-refractivity contribution in [2.75, 3.05) is 24.6 Å². The van der Waals surface area contributed by atoms with Crippen LogP contribution in [0.5, 0.6) is 0 Å². The number of hydrogen-bond acceptors (Lipinski definition) is 7. The average molecular weight is 418 g/mol. The Labute approximate surface area is 172 Å². The quantitative estimate of drug-likeness (QED) is 0.709. The molecular weight excluding hydrogens is 395 g/mol. The maximum Gasteiger partial charge on any atom is 0.350 e. The smallest absolute Gasteiger partial charge is 0.341 e. The molecule has 154 valence electrons. The first-order chi connectivity index (χ1) is 13.9. The second-order valence-corrected chi connectivity index (χ2v) is 8.81. The number of carbonyl (C=O) groups excluding carboxylic acids is 2. The molecule has 0 aliphatic carbocycles. The van der Waals surface area contributed by atoms with Crippen molar-refractivity contribution in [3.05, 3.63) is 39.3 Å². The molecule has 4 heterocycles. The zero-order chi connectivity index (χ0) is 20.5. The summed E-state index contributed by atoms with van der Waals surface area (Å²) >= 11 is 1.70. The van der Waals surface area contributed by atoms with E-state index >= 15 is 0 Å². The fourth-order valence-corrected chi connectivity index (χ4v) is 4.86. The third-order valence-electron chi connectivity index (χ3n) is 5.48. The van der Waals surface area contributed by atoms with E-state index < -0.39 is 6.04 Å². The molecule has 0 unspecified atom stereocenters. The molecule has 2 aromatic heterocycles. The molecule has 2 saturated heterocycles. The van der Waals surface area contributed by atoms with Crippen molar-refractivity contribution >= 4 is 29.2 Å². The third-order valence-corrected chi connectivity index (χ3v) is 6.59. The number of carbonyl (C=O) groups is 2. The lowest BCUT2D eigenvalue weighted by Crippen LogP contribution is -2.42. The first kappa shape index (κ1) is 19.9. The van der Waals surface area contributed by atoms with Crippen LogP contribution in [-0.2, 0) is 9.63 Å². The van der Waals surface area contributed by atoms with Crippen LogP contribution in [0.2, 0.25) is 0 Å². The summed E-state index contributed by atoms with van der Waals surface area (Å²) in [5.74, 6) is 0.204. The summed E-state index contributed by atoms with van der Waals surface area (Å²) in [4.78, 5) is 42.4. The molecule has 9 heteroatoms. The van der Waals surface area contributed by atoms with Crippen molar-refractivity contribution in [2.45, 2.75) is 39.2 Å². The SMILES string of the molecule is Cc1ccc([C@@H]2CCON2C(=O)C2CCN(c3ncc(C)c(C(=O)F)n3)CC2)s1. The summed E-state index contributed by atoms with van der Waals surface area (Å²) in [6.45, 7) is 5.33. The topological polar surface area (TPSA) is 75.6 Å². The summed E-state index contributed by atoms with van der Waals surface area (Å²) in [7, 11) is 0. The predicted octanol–water partition coefficient (Wildman–Crippen LogP) is 3.39. The Kier molecular flexibility index (Phi) is 5.60. The number of piperidine rings is 1. The Bertz CT molecular complexity index is 926. The van der Waals surface area contributed by atoms with Gasteiger partial charge in [-0.3, -0.25) is 14.4 Å². The highest BCUT2D eigenvalue weighted by atomic mass is 32.1. The van der Waals surface area contributed by atoms with Crippen molar-refractivity contribution in [1.29, 1.82) is 0 Å². The molecule has 0 radical (unpaired) electrons. The van der Waals surface area contributed by atoms with Crippen molar-refractivity contribution in [3.63, 3.8) is 0 Å². The summed E-state index contributed by atoms with van der Waals surface area (Å²) in [6, 6.07) is 2.56. The predicted molar refractivity (Wildman–Crippen MR) is 106 cm³/mol. The molecule has 29 heavy (non-hydrogen) atoms. The molecule has 0 spiro atoms. The first-order valence-corrected chi connectivity index (χ1v) is 10.6. The minimum atomic E-state index is -1.56. The van der Waals surface area contributed by atoms with Crippen LogP contribution in [0.3, 0.4) is 0 Å². The number of nitrogens with zero attached hydrogens (tertiary/aromatic N) is 4. The molecule has 0 saturated carbocycles. The van der Waals surface area contributed by atoms with Gasteiger partial charge in [0, 0.05) is 41.4 Å². The first-order valence-electron chi connectivity index (χ1n) is 9.75. The van der Waals surface area contributed by atoms with Crippen LogP contribution in [0.25, 0.3) is 0 Å². The van der Waals surface area contributed by atoms with Crippen LogP contribution in [0.15, 0.2) is 18.3 Å². The van der Waals surface area contributed by atoms with Crippen molar-refractivity contribution in [2.24, 2.45) is 5.92 Å². The average Bonchev–Trinajstić information content (AvgIpc) is 3.36. The number of hydrogen-bond donors (Lipinski definition) is 0. The van der Waals surface area contributed by atoms with Gasteiger partial charge in [-0.25, -0.2) is 15.0 Å². The summed E-state index contributed by atoms with van der Waals surface area (Å²) < 4.78 is 13.1. The van der Waals surface area contributed by atoms with Crippen molar-refractivity contribution in [3.8, 4) is 0 Å². The van der Waals surface area contributed by atoms with E-state index in [2.05, 4.69) is 29.0 Å². The minimum Gasteiger partial charge on any atom is -0.341 e. The Morgan fingerprint density at radius 3 is 2.62 bits per heavy atom. The standard InChI is InChI=1S/C20H23FN4O3S/c1-12-11-22-20(23-17(12)18(21)26)24-8-5-14(6-9-24)19(27)25-15(7-10-28-25)16-4-3-13(2)29-16/h3-4,11,14-15H,5-10H2,1-2H3/t15-/m0/s1. The van der Waals surface area contributed by atoms with Crippen LogP contribution in [0.1, 0.15) is 51.1 Å². The van der Waals surface area contributed by atoms with Crippen LogP contribution < -0.4 is 4.90 Å². The van der Waals surface area contributed by atoms with E-state index in [1.54, 1.807) is 23.3 Å². The van der Waals surface area contributed by atoms with E-state index in [1.807, 2.05) is 4.90 Å². The maximum atomic E-state index is 13.1. The van der Waals surface area contributed by atoms with Gasteiger partial charge in [-0.15, -0.1) is 11.3 Å². The van der Waals surface area contributed by atoms with Gasteiger partial charge in [0.15, 0.2) is 0 Å². The maximum absolute atomic E-state index is 13.1. The van der Waals surface area contributed by atoms with E-state index in [1.165, 1.54) is 11.1 Å². The minimum absolute atomic E-state index is 0.0159. The molecular formula is C20H23FN4O3S. The van der Waals surface area contributed by atoms with Gasteiger partial charge in [-0.1, -0.05) is 0 Å². The van der Waals surface area contributed by atoms with Gasteiger partial charge in [0.2, 0.25) is 11.9 Å². The fraction of sp³-hybridized carbons (Fsp3) is 0.500. The largest absolute Gasteiger partial charge is 0.350 e. The third kappa shape index (κ3) is 4.02. The normalized spacial score (nSPS) is 20.3. The molecule has 2 aliphatic heterocycles. The fourth-order valence-electron chi connectivity index (χ4n) is 3.87. The Morgan fingerprint density at radius 1 is 1.21 bits per heavy atom. The molecule has 2 fully saturated rings. The number of rotatable bonds is 4. The van der Waals surface area contributed by atoms with Gasteiger partial charge in [0.05, 0.1) is 12.6 Å². The second kappa shape index (κ2) is 8.16. The molecule has 1 amide bonds. The van der Waals surface area contributed by atoms with Crippen LogP contribution >= 0.6 is 11.3 Å². The number of amides is 1. The van der Waals surface area contributed by atoms with Crippen LogP contribution in [0.4, 0.5) is 10.3 Å². The van der Waals surface area contributed by atoms with Gasteiger partial charge in [-0.2, -0.15) is 4.39 Å². The van der Waals surface area contributed by atoms with E-state index in [0.29, 0.717) is 44.0 Å². The molecule has 1 atom stereocenters. The zero-order valence-corrected chi connectivity index (χ0v) is 17.2. The van der Waals surface area contributed by atoms with Gasteiger partial charge in [0.25, 0.3) is 0 Å². The Hall–Kier alpha value is -2.39. The van der Waals surface area contributed by atoms with Crippen molar-refractivity contribution < 1.29 is 18.8 Å². The highest BCUT2D eigenvalue weighted by Gasteiger charge is 2.37. The van der Waals surface area contributed by atoms with E-state index in [4.69, 9.17) is 4.84 Å². The lowest BCUT2D eigenvalue weighted by Gasteiger charge is -2.34. The number of aromatic nitrogens is 2. The molecule has 2 aliphatic rings. The summed E-state index contributed by atoms with van der Waals surface area (Å²) in [5, 5.41) is 1.56. The molecule has 0 N–H and O–H groups in total. The van der Waals surface area contributed by atoms with E-state index in [0.717, 1.165) is 11.3 Å². The van der Waals surface area contributed by atoms with Crippen LogP contribution in [-0.4, -0.2) is 46.7 Å². The van der Waals surface area contributed by atoms with Crippen LogP contribution in [0, 0.1) is 19.8 Å². The van der Waals surface area contributed by atoms with Gasteiger partial charge < -0.3 is 4.90 Å². The monoisotopic (exact) mass is 418 g/mol. The number of hydroxylamine groups is 2.